The Morgan fingerprint density at radius 1 is 0.880 bits per heavy atom. The largest absolute Gasteiger partial charge is 0.420 e. The minimum Gasteiger partial charge on any atom is -0.420 e. The Morgan fingerprint density at radius 3 is 2.08 bits per heavy atom. The number of aryl methyl sites for hydroxylation is 1. The molecule has 5 rings (SSSR count). The Bertz CT molecular complexity index is 1160. The summed E-state index contributed by atoms with van der Waals surface area (Å²) in [6.07, 6.45) is 1.35. The minimum atomic E-state index is -0.329. The first-order chi connectivity index (χ1) is 12.1. The number of carbonyl (C=O) groups is 2. The lowest BCUT2D eigenvalue weighted by atomic mass is 10.0. The molecule has 6 nitrogen and oxygen atoms in total. The van der Waals surface area contributed by atoms with Crippen molar-refractivity contribution >= 4 is 39.8 Å². The van der Waals surface area contributed by atoms with Gasteiger partial charge in [0.05, 0.1) is 5.57 Å². The lowest BCUT2D eigenvalue weighted by Crippen LogP contribution is -2.00. The Kier molecular flexibility index (Phi) is 2.62. The zero-order chi connectivity index (χ0) is 17.1. The first-order valence-electron chi connectivity index (χ1n) is 7.68. The van der Waals surface area contributed by atoms with Crippen LogP contribution in [-0.4, -0.2) is 21.5 Å². The van der Waals surface area contributed by atoms with Crippen LogP contribution < -0.4 is 0 Å². The van der Waals surface area contributed by atoms with Crippen LogP contribution in [0.5, 0.6) is 0 Å². The third kappa shape index (κ3) is 1.97. The van der Waals surface area contributed by atoms with Gasteiger partial charge in [-0.2, -0.15) is 9.97 Å². The predicted octanol–water partition coefficient (Wildman–Crippen LogP) is 3.74. The molecule has 0 saturated carbocycles. The summed E-state index contributed by atoms with van der Waals surface area (Å²) in [5, 5.41) is 1.83. The highest BCUT2D eigenvalue weighted by Crippen LogP contribution is 2.31. The molecular formula is C19H10N2O4. The van der Waals surface area contributed by atoms with E-state index in [-0.39, 0.29) is 34.5 Å². The summed E-state index contributed by atoms with van der Waals surface area (Å²) < 4.78 is 10.7. The molecule has 0 N–H and O–H groups in total. The molecule has 25 heavy (non-hydrogen) atoms. The van der Waals surface area contributed by atoms with E-state index < -0.39 is 0 Å². The van der Waals surface area contributed by atoms with Crippen LogP contribution >= 0.6 is 0 Å². The normalized spacial score (nSPS) is 13.9. The summed E-state index contributed by atoms with van der Waals surface area (Å²) in [6.45, 7) is 1.68. The van der Waals surface area contributed by atoms with Crippen molar-refractivity contribution in [1.82, 2.24) is 9.97 Å². The molecule has 1 aliphatic rings. The van der Waals surface area contributed by atoms with Crippen molar-refractivity contribution in [1.29, 1.82) is 0 Å². The molecule has 0 atom stereocenters. The molecule has 0 unspecified atom stereocenters. The highest BCUT2D eigenvalue weighted by atomic mass is 16.4. The molecule has 0 bridgehead atoms. The van der Waals surface area contributed by atoms with Crippen LogP contribution in [0, 0.1) is 6.92 Å². The molecule has 0 aliphatic heterocycles. The maximum atomic E-state index is 12.7. The quantitative estimate of drug-likeness (QED) is 0.390. The molecule has 2 heterocycles. The van der Waals surface area contributed by atoms with Gasteiger partial charge >= 0.3 is 0 Å². The van der Waals surface area contributed by atoms with Crippen molar-refractivity contribution < 1.29 is 18.4 Å². The number of fused-ring (bicyclic) bond motifs is 3. The number of Topliss-reactive ketones (excluding diaryl/α,β-unsaturated/α-hetero) is 2. The third-order valence-electron chi connectivity index (χ3n) is 4.23. The van der Waals surface area contributed by atoms with Gasteiger partial charge in [0.1, 0.15) is 0 Å². The summed E-state index contributed by atoms with van der Waals surface area (Å²) in [5.74, 6) is -0.0997. The molecule has 4 aromatic rings. The Labute approximate surface area is 140 Å². The Hall–Kier alpha value is -3.54. The SMILES string of the molecule is Cc1nc2oc(C=C3C(=O)c4cc5ccccc5cc4C3=O)nc2o1. The fourth-order valence-corrected chi connectivity index (χ4v) is 3.08. The van der Waals surface area contributed by atoms with Crippen molar-refractivity contribution in [3.63, 3.8) is 0 Å². The molecule has 0 amide bonds. The van der Waals surface area contributed by atoms with Crippen molar-refractivity contribution in [2.75, 3.05) is 0 Å². The molecule has 1 aliphatic carbocycles. The number of ketones is 2. The van der Waals surface area contributed by atoms with Crippen LogP contribution in [-0.2, 0) is 0 Å². The third-order valence-corrected chi connectivity index (χ3v) is 4.23. The van der Waals surface area contributed by atoms with Crippen LogP contribution in [0.2, 0.25) is 0 Å². The van der Waals surface area contributed by atoms with Crippen molar-refractivity contribution in [2.24, 2.45) is 0 Å². The second-order valence-electron chi connectivity index (χ2n) is 5.86. The number of rotatable bonds is 1. The highest BCUT2D eigenvalue weighted by molar-refractivity contribution is 6.41. The second-order valence-corrected chi connectivity index (χ2v) is 5.86. The first-order valence-corrected chi connectivity index (χ1v) is 7.68. The minimum absolute atomic E-state index is 0.0333. The van der Waals surface area contributed by atoms with E-state index >= 15 is 0 Å². The molecule has 0 spiro atoms. The highest BCUT2D eigenvalue weighted by Gasteiger charge is 2.34. The average Bonchev–Trinajstić information content (AvgIpc) is 3.20. The Morgan fingerprint density at radius 2 is 1.48 bits per heavy atom. The van der Waals surface area contributed by atoms with Crippen molar-refractivity contribution in [2.45, 2.75) is 6.92 Å². The molecular weight excluding hydrogens is 320 g/mol. The zero-order valence-corrected chi connectivity index (χ0v) is 13.1. The van der Waals surface area contributed by atoms with E-state index in [9.17, 15) is 9.59 Å². The molecule has 2 aromatic carbocycles. The topological polar surface area (TPSA) is 86.2 Å². The second kappa shape index (κ2) is 4.73. The molecule has 120 valence electrons. The maximum Gasteiger partial charge on any atom is 0.288 e. The average molecular weight is 330 g/mol. The van der Waals surface area contributed by atoms with E-state index in [2.05, 4.69) is 9.97 Å². The summed E-state index contributed by atoms with van der Waals surface area (Å²) in [7, 11) is 0. The van der Waals surface area contributed by atoms with Gasteiger partial charge in [-0.1, -0.05) is 24.3 Å². The summed E-state index contributed by atoms with van der Waals surface area (Å²) in [4.78, 5) is 33.5. The van der Waals surface area contributed by atoms with Gasteiger partial charge in [-0.25, -0.2) is 0 Å². The fraction of sp³-hybridized carbons (Fsp3) is 0.0526. The van der Waals surface area contributed by atoms with Gasteiger partial charge in [0, 0.05) is 24.1 Å². The molecule has 2 aromatic heterocycles. The molecule has 0 radical (unpaired) electrons. The number of allylic oxidation sites excluding steroid dienone is 1. The van der Waals surface area contributed by atoms with E-state index in [0.717, 1.165) is 10.8 Å². The Balaban J connectivity index is 1.64. The van der Waals surface area contributed by atoms with Crippen LogP contribution in [0.15, 0.2) is 50.8 Å². The zero-order valence-electron chi connectivity index (χ0n) is 13.1. The number of carbonyl (C=O) groups excluding carboxylic acids is 2. The number of aromatic nitrogens is 2. The first kappa shape index (κ1) is 13.9. The number of hydrogen-bond donors (Lipinski definition) is 0. The van der Waals surface area contributed by atoms with E-state index in [1.165, 1.54) is 6.08 Å². The van der Waals surface area contributed by atoms with Crippen molar-refractivity contribution in [3.05, 3.63) is 64.9 Å². The number of hydrogen-bond acceptors (Lipinski definition) is 6. The van der Waals surface area contributed by atoms with Gasteiger partial charge in [0.25, 0.3) is 11.4 Å². The number of oxazole rings is 2. The van der Waals surface area contributed by atoms with Crippen molar-refractivity contribution in [3.8, 4) is 0 Å². The lowest BCUT2D eigenvalue weighted by molar-refractivity contribution is 0.0990. The van der Waals surface area contributed by atoms with Crippen LogP contribution in [0.3, 0.4) is 0 Å². The van der Waals surface area contributed by atoms with Crippen LogP contribution in [0.25, 0.3) is 28.3 Å². The van der Waals surface area contributed by atoms with Gasteiger partial charge in [-0.15, -0.1) is 0 Å². The van der Waals surface area contributed by atoms with Crippen LogP contribution in [0.4, 0.5) is 0 Å². The van der Waals surface area contributed by atoms with E-state index in [0.29, 0.717) is 17.0 Å². The summed E-state index contributed by atoms with van der Waals surface area (Å²) in [6, 6.07) is 11.1. The summed E-state index contributed by atoms with van der Waals surface area (Å²) in [5.41, 5.74) is 1.32. The van der Waals surface area contributed by atoms with Gasteiger partial charge in [0.2, 0.25) is 5.89 Å². The van der Waals surface area contributed by atoms with Gasteiger partial charge in [-0.3, -0.25) is 9.59 Å². The fourth-order valence-electron chi connectivity index (χ4n) is 3.08. The number of benzene rings is 2. The lowest BCUT2D eigenvalue weighted by Gasteiger charge is -2.00. The molecule has 6 heteroatoms. The molecule has 0 fully saturated rings. The predicted molar refractivity (Wildman–Crippen MR) is 89.4 cm³/mol. The summed E-state index contributed by atoms with van der Waals surface area (Å²) >= 11 is 0. The number of nitrogens with zero attached hydrogens (tertiary/aromatic N) is 2. The van der Waals surface area contributed by atoms with Gasteiger partial charge in [0.15, 0.2) is 17.5 Å². The standard InChI is InChI=1S/C19H10N2O4/c1-9-20-18-19(24-9)21-15(25-18)8-14-16(22)12-6-10-4-2-3-5-11(10)7-13(12)17(14)23/h2-8H,1H3. The van der Waals surface area contributed by atoms with Gasteiger partial charge in [-0.05, 0) is 22.9 Å². The smallest absolute Gasteiger partial charge is 0.288 e. The van der Waals surface area contributed by atoms with Crippen LogP contribution in [0.1, 0.15) is 32.5 Å². The monoisotopic (exact) mass is 330 g/mol. The molecule has 0 saturated heterocycles. The van der Waals surface area contributed by atoms with E-state index in [1.807, 2.05) is 24.3 Å². The maximum absolute atomic E-state index is 12.7. The van der Waals surface area contributed by atoms with E-state index in [1.54, 1.807) is 19.1 Å². The van der Waals surface area contributed by atoms with Gasteiger partial charge < -0.3 is 8.83 Å². The van der Waals surface area contributed by atoms with E-state index in [4.69, 9.17) is 8.83 Å².